The van der Waals surface area contributed by atoms with Crippen molar-refractivity contribution >= 4 is 27.9 Å². The van der Waals surface area contributed by atoms with Crippen molar-refractivity contribution in [1.29, 1.82) is 0 Å². The van der Waals surface area contributed by atoms with Crippen LogP contribution in [0.4, 0.5) is 4.79 Å². The number of amides is 2. The number of urea groups is 1. The molecular weight excluding hydrogens is 388 g/mol. The van der Waals surface area contributed by atoms with Gasteiger partial charge in [-0.1, -0.05) is 34.1 Å². The van der Waals surface area contributed by atoms with Gasteiger partial charge in [0.15, 0.2) is 0 Å². The highest BCUT2D eigenvalue weighted by atomic mass is 79.9. The molecule has 0 saturated carbocycles. The Kier molecular flexibility index (Phi) is 6.61. The highest BCUT2D eigenvalue weighted by molar-refractivity contribution is 9.10. The van der Waals surface area contributed by atoms with Gasteiger partial charge in [0.1, 0.15) is 6.61 Å². The van der Waals surface area contributed by atoms with Crippen LogP contribution in [0.2, 0.25) is 0 Å². The second-order valence-electron chi connectivity index (χ2n) is 6.00. The lowest BCUT2D eigenvalue weighted by atomic mass is 9.94. The van der Waals surface area contributed by atoms with Crippen molar-refractivity contribution in [3.63, 3.8) is 0 Å². The van der Waals surface area contributed by atoms with E-state index in [1.165, 1.54) is 0 Å². The van der Waals surface area contributed by atoms with Gasteiger partial charge in [-0.05, 0) is 32.4 Å². The minimum Gasteiger partial charge on any atom is -0.460 e. The summed E-state index contributed by atoms with van der Waals surface area (Å²) in [4.78, 5) is 26.9. The molecule has 2 amide bonds. The first-order valence-electron chi connectivity index (χ1n) is 8.09. The molecule has 0 bridgehead atoms. The van der Waals surface area contributed by atoms with Crippen molar-refractivity contribution < 1.29 is 19.1 Å². The maximum absolute atomic E-state index is 12.7. The molecule has 1 N–H and O–H groups in total. The molecule has 0 aromatic heterocycles. The molecule has 0 spiro atoms. The van der Waals surface area contributed by atoms with Gasteiger partial charge in [0.2, 0.25) is 0 Å². The summed E-state index contributed by atoms with van der Waals surface area (Å²) in [5, 5.41) is 2.92. The summed E-state index contributed by atoms with van der Waals surface area (Å²) in [6, 6.07) is 6.60. The van der Waals surface area contributed by atoms with Crippen molar-refractivity contribution in [3.05, 3.63) is 45.6 Å². The minimum absolute atomic E-state index is 0.0815. The second kappa shape index (κ2) is 8.49. The number of methoxy groups -OCH3 is 1. The Hall–Kier alpha value is -1.86. The fraction of sp³-hybridized carbons (Fsp3) is 0.444. The number of esters is 1. The number of hydrogen-bond donors (Lipinski definition) is 1. The number of nitrogens with one attached hydrogen (secondary N) is 1. The zero-order valence-corrected chi connectivity index (χ0v) is 16.4. The minimum atomic E-state index is -0.576. The van der Waals surface area contributed by atoms with E-state index in [4.69, 9.17) is 9.47 Å². The number of ether oxygens (including phenoxy) is 2. The molecular formula is C18H23BrN2O4. The summed E-state index contributed by atoms with van der Waals surface area (Å²) in [6.07, 6.45) is 0. The van der Waals surface area contributed by atoms with Gasteiger partial charge in [0.25, 0.3) is 0 Å². The summed E-state index contributed by atoms with van der Waals surface area (Å²) in [5.41, 5.74) is 1.83. The van der Waals surface area contributed by atoms with Gasteiger partial charge >= 0.3 is 12.0 Å². The average molecular weight is 411 g/mol. The molecule has 1 aliphatic rings. The first kappa shape index (κ1) is 19.5. The van der Waals surface area contributed by atoms with E-state index in [0.29, 0.717) is 17.9 Å². The molecule has 0 radical (unpaired) electrons. The number of nitrogens with zero attached hydrogens (tertiary/aromatic N) is 1. The van der Waals surface area contributed by atoms with Crippen LogP contribution in [0.15, 0.2) is 40.0 Å². The number of carbonyl (C=O) groups excluding carboxylic acids is 2. The lowest BCUT2D eigenvalue weighted by molar-refractivity contribution is -0.140. The second-order valence-corrected chi connectivity index (χ2v) is 6.85. The van der Waals surface area contributed by atoms with Gasteiger partial charge in [0, 0.05) is 23.3 Å². The van der Waals surface area contributed by atoms with Crippen molar-refractivity contribution in [1.82, 2.24) is 10.2 Å². The third-order valence-electron chi connectivity index (χ3n) is 4.00. The lowest BCUT2D eigenvalue weighted by Crippen LogP contribution is -2.50. The number of allylic oxidation sites excluding steroid dienone is 1. The number of carbonyl (C=O) groups is 2. The highest BCUT2D eigenvalue weighted by Gasteiger charge is 2.38. The van der Waals surface area contributed by atoms with Crippen LogP contribution in [0.3, 0.4) is 0 Å². The molecule has 0 unspecified atom stereocenters. The van der Waals surface area contributed by atoms with Crippen LogP contribution < -0.4 is 5.32 Å². The van der Waals surface area contributed by atoms with E-state index in [9.17, 15) is 9.59 Å². The van der Waals surface area contributed by atoms with E-state index in [-0.39, 0.29) is 18.7 Å². The number of hydrogen-bond acceptors (Lipinski definition) is 4. The molecule has 2 rings (SSSR count). The summed E-state index contributed by atoms with van der Waals surface area (Å²) in [6.45, 7) is 6.05. The fourth-order valence-corrected chi connectivity index (χ4v) is 3.40. The van der Waals surface area contributed by atoms with Crippen LogP contribution in [0.25, 0.3) is 0 Å². The SMILES string of the molecule is COCCOC(=O)C1=C(C)N(C(C)C)C(=O)N[C@@H]1c1ccccc1Br. The Morgan fingerprint density at radius 1 is 1.32 bits per heavy atom. The van der Waals surface area contributed by atoms with E-state index in [1.54, 1.807) is 18.9 Å². The van der Waals surface area contributed by atoms with Gasteiger partial charge in [-0.2, -0.15) is 0 Å². The molecule has 0 fully saturated rings. The van der Waals surface area contributed by atoms with Crippen LogP contribution >= 0.6 is 15.9 Å². The van der Waals surface area contributed by atoms with Crippen LogP contribution in [0, 0.1) is 0 Å². The largest absolute Gasteiger partial charge is 0.460 e. The summed E-state index contributed by atoms with van der Waals surface area (Å²) in [7, 11) is 1.55. The third kappa shape index (κ3) is 4.22. The Morgan fingerprint density at radius 2 is 2.00 bits per heavy atom. The molecule has 1 heterocycles. The predicted molar refractivity (Wildman–Crippen MR) is 97.9 cm³/mol. The molecule has 1 aromatic carbocycles. The molecule has 136 valence electrons. The Bertz CT molecular complexity index is 687. The molecule has 7 heteroatoms. The summed E-state index contributed by atoms with van der Waals surface area (Å²) < 4.78 is 11.1. The van der Waals surface area contributed by atoms with Crippen molar-refractivity contribution in [2.75, 3.05) is 20.3 Å². The Balaban J connectivity index is 2.48. The Morgan fingerprint density at radius 3 is 2.60 bits per heavy atom. The molecule has 6 nitrogen and oxygen atoms in total. The van der Waals surface area contributed by atoms with Gasteiger partial charge in [-0.3, -0.25) is 4.90 Å². The van der Waals surface area contributed by atoms with Crippen LogP contribution in [0.1, 0.15) is 32.4 Å². The van der Waals surface area contributed by atoms with Crippen LogP contribution in [-0.2, 0) is 14.3 Å². The van der Waals surface area contributed by atoms with Crippen LogP contribution in [0.5, 0.6) is 0 Å². The number of rotatable bonds is 6. The molecule has 25 heavy (non-hydrogen) atoms. The molecule has 1 aromatic rings. The average Bonchev–Trinajstić information content (AvgIpc) is 2.54. The van der Waals surface area contributed by atoms with E-state index in [2.05, 4.69) is 21.2 Å². The number of benzene rings is 1. The van der Waals surface area contributed by atoms with E-state index in [0.717, 1.165) is 10.0 Å². The first-order chi connectivity index (χ1) is 11.9. The Labute approximate surface area is 156 Å². The quantitative estimate of drug-likeness (QED) is 0.576. The van der Waals surface area contributed by atoms with Gasteiger partial charge in [-0.15, -0.1) is 0 Å². The van der Waals surface area contributed by atoms with Crippen molar-refractivity contribution in [2.45, 2.75) is 32.9 Å². The van der Waals surface area contributed by atoms with Gasteiger partial charge in [-0.25, -0.2) is 9.59 Å². The maximum Gasteiger partial charge on any atom is 0.338 e. The van der Waals surface area contributed by atoms with Crippen molar-refractivity contribution in [2.24, 2.45) is 0 Å². The van der Waals surface area contributed by atoms with Gasteiger partial charge < -0.3 is 14.8 Å². The topological polar surface area (TPSA) is 67.9 Å². The third-order valence-corrected chi connectivity index (χ3v) is 4.72. The van der Waals surface area contributed by atoms with Crippen molar-refractivity contribution in [3.8, 4) is 0 Å². The first-order valence-corrected chi connectivity index (χ1v) is 8.88. The fourth-order valence-electron chi connectivity index (χ4n) is 2.88. The zero-order chi connectivity index (χ0) is 18.6. The zero-order valence-electron chi connectivity index (χ0n) is 14.8. The summed E-state index contributed by atoms with van der Waals surface area (Å²) >= 11 is 3.50. The summed E-state index contributed by atoms with van der Waals surface area (Å²) in [5.74, 6) is -0.457. The van der Waals surface area contributed by atoms with Gasteiger partial charge in [0.05, 0.1) is 18.2 Å². The smallest absolute Gasteiger partial charge is 0.338 e. The van der Waals surface area contributed by atoms with E-state index < -0.39 is 12.0 Å². The lowest BCUT2D eigenvalue weighted by Gasteiger charge is -2.37. The highest BCUT2D eigenvalue weighted by Crippen LogP contribution is 2.35. The molecule has 1 aliphatic heterocycles. The predicted octanol–water partition coefficient (Wildman–Crippen LogP) is 3.39. The standard InChI is InChI=1S/C18H23BrN2O4/c1-11(2)21-12(3)15(17(22)25-10-9-24-4)16(20-18(21)23)13-7-5-6-8-14(13)19/h5-8,11,16H,9-10H2,1-4H3,(H,20,23)/t16-/m1/s1. The normalized spacial score (nSPS) is 17.8. The molecule has 1 atom stereocenters. The maximum atomic E-state index is 12.7. The number of halogens is 1. The monoisotopic (exact) mass is 410 g/mol. The molecule has 0 saturated heterocycles. The van der Waals surface area contributed by atoms with Crippen LogP contribution in [-0.4, -0.2) is 43.3 Å². The van der Waals surface area contributed by atoms with E-state index in [1.807, 2.05) is 38.1 Å². The van der Waals surface area contributed by atoms with E-state index >= 15 is 0 Å². The molecule has 0 aliphatic carbocycles.